The van der Waals surface area contributed by atoms with Gasteiger partial charge in [0.2, 0.25) is 0 Å². The van der Waals surface area contributed by atoms with Gasteiger partial charge in [0.15, 0.2) is 0 Å². The van der Waals surface area contributed by atoms with Gasteiger partial charge in [-0.05, 0) is 29.7 Å². The zero-order valence-corrected chi connectivity index (χ0v) is 8.45. The van der Waals surface area contributed by atoms with Crippen LogP contribution >= 0.6 is 11.5 Å². The number of hydrogen-bond acceptors (Lipinski definition) is 5. The van der Waals surface area contributed by atoms with Crippen molar-refractivity contribution in [2.75, 3.05) is 0 Å². The maximum atomic E-state index is 9.36. The predicted molar refractivity (Wildman–Crippen MR) is 58.0 cm³/mol. The SMILES string of the molecule is N=C(N)c1ccc(O)cc1-c1csnn1. The monoisotopic (exact) mass is 220 g/mol. The standard InChI is InChI=1S/C9H8N4OS/c10-9(11)6-2-1-5(14)3-7(6)8-4-15-13-12-8/h1-4,14H,(H3,10,11). The molecule has 1 heterocycles. The van der Waals surface area contributed by atoms with Crippen LogP contribution in [0.25, 0.3) is 11.3 Å². The summed E-state index contributed by atoms with van der Waals surface area (Å²) in [6, 6.07) is 4.60. The summed E-state index contributed by atoms with van der Waals surface area (Å²) in [7, 11) is 0. The Morgan fingerprint density at radius 2 is 2.27 bits per heavy atom. The molecule has 6 heteroatoms. The lowest BCUT2D eigenvalue weighted by Gasteiger charge is -2.05. The first-order valence-electron chi connectivity index (χ1n) is 4.13. The predicted octanol–water partition coefficient (Wildman–Crippen LogP) is 1.19. The quantitative estimate of drug-likeness (QED) is 0.523. The minimum atomic E-state index is -0.0574. The van der Waals surface area contributed by atoms with E-state index in [0.717, 1.165) is 0 Å². The Balaban J connectivity index is 2.63. The number of nitrogens with zero attached hydrogens (tertiary/aromatic N) is 2. The average molecular weight is 220 g/mol. The number of phenolic OH excluding ortho intramolecular Hbond substituents is 1. The fourth-order valence-corrected chi connectivity index (χ4v) is 1.72. The molecule has 4 N–H and O–H groups in total. The van der Waals surface area contributed by atoms with E-state index in [1.54, 1.807) is 11.4 Å². The lowest BCUT2D eigenvalue weighted by Crippen LogP contribution is -2.12. The maximum Gasteiger partial charge on any atom is 0.123 e. The molecule has 15 heavy (non-hydrogen) atoms. The molecule has 0 saturated carbocycles. The van der Waals surface area contributed by atoms with Crippen molar-refractivity contribution < 1.29 is 5.11 Å². The zero-order valence-electron chi connectivity index (χ0n) is 7.64. The minimum absolute atomic E-state index is 0.0574. The highest BCUT2D eigenvalue weighted by Crippen LogP contribution is 2.26. The fourth-order valence-electron chi connectivity index (χ4n) is 1.26. The summed E-state index contributed by atoms with van der Waals surface area (Å²) in [6.45, 7) is 0. The number of benzene rings is 1. The van der Waals surface area contributed by atoms with Crippen molar-refractivity contribution in [1.82, 2.24) is 9.59 Å². The molecule has 2 aromatic rings. The van der Waals surface area contributed by atoms with Crippen LogP contribution in [0.4, 0.5) is 0 Å². The van der Waals surface area contributed by atoms with Crippen LogP contribution in [0, 0.1) is 5.41 Å². The first-order chi connectivity index (χ1) is 7.18. The van der Waals surface area contributed by atoms with E-state index in [1.165, 1.54) is 23.7 Å². The molecular weight excluding hydrogens is 212 g/mol. The molecule has 1 aromatic heterocycles. The smallest absolute Gasteiger partial charge is 0.123 e. The van der Waals surface area contributed by atoms with Crippen LogP contribution in [0.1, 0.15) is 5.56 Å². The highest BCUT2D eigenvalue weighted by molar-refractivity contribution is 7.03. The zero-order chi connectivity index (χ0) is 10.8. The Bertz CT molecular complexity index is 495. The molecule has 0 aliphatic carbocycles. The van der Waals surface area contributed by atoms with E-state index >= 15 is 0 Å². The van der Waals surface area contributed by atoms with Crippen LogP contribution in [-0.4, -0.2) is 20.5 Å². The molecule has 0 amide bonds. The Labute approximate surface area is 89.9 Å². The summed E-state index contributed by atoms with van der Waals surface area (Å²) in [6.07, 6.45) is 0. The Kier molecular flexibility index (Phi) is 2.34. The van der Waals surface area contributed by atoms with Crippen LogP contribution in [0.3, 0.4) is 0 Å². The molecule has 0 spiro atoms. The Morgan fingerprint density at radius 3 is 2.87 bits per heavy atom. The average Bonchev–Trinajstić information content (AvgIpc) is 2.69. The highest BCUT2D eigenvalue weighted by Gasteiger charge is 2.10. The lowest BCUT2D eigenvalue weighted by molar-refractivity contribution is 0.475. The van der Waals surface area contributed by atoms with Gasteiger partial charge in [0, 0.05) is 16.5 Å². The molecule has 5 nitrogen and oxygen atoms in total. The summed E-state index contributed by atoms with van der Waals surface area (Å²) in [4.78, 5) is 0. The number of nitrogens with two attached hydrogens (primary N) is 1. The summed E-state index contributed by atoms with van der Waals surface area (Å²) in [5, 5.41) is 22.4. The summed E-state index contributed by atoms with van der Waals surface area (Å²) in [5.74, 6) is 0.0565. The molecule has 0 fully saturated rings. The molecule has 0 radical (unpaired) electrons. The summed E-state index contributed by atoms with van der Waals surface area (Å²) >= 11 is 1.21. The second kappa shape index (κ2) is 3.66. The second-order valence-electron chi connectivity index (χ2n) is 2.93. The van der Waals surface area contributed by atoms with E-state index in [2.05, 4.69) is 9.59 Å². The fraction of sp³-hybridized carbons (Fsp3) is 0. The normalized spacial score (nSPS) is 10.1. The molecule has 0 saturated heterocycles. The van der Waals surface area contributed by atoms with Gasteiger partial charge in [-0.25, -0.2) is 0 Å². The van der Waals surface area contributed by atoms with Gasteiger partial charge in [0.1, 0.15) is 17.3 Å². The number of hydrogen-bond donors (Lipinski definition) is 3. The van der Waals surface area contributed by atoms with Gasteiger partial charge in [0.05, 0.1) is 0 Å². The molecule has 0 unspecified atom stereocenters. The lowest BCUT2D eigenvalue weighted by atomic mass is 10.0. The number of nitrogens with one attached hydrogen (secondary N) is 1. The second-order valence-corrected chi connectivity index (χ2v) is 3.54. The topological polar surface area (TPSA) is 95.9 Å². The third-order valence-electron chi connectivity index (χ3n) is 1.93. The van der Waals surface area contributed by atoms with Crippen molar-refractivity contribution in [3.63, 3.8) is 0 Å². The van der Waals surface area contributed by atoms with Gasteiger partial charge < -0.3 is 10.8 Å². The van der Waals surface area contributed by atoms with Crippen LogP contribution < -0.4 is 5.73 Å². The number of nitrogen functional groups attached to an aromatic ring is 1. The van der Waals surface area contributed by atoms with Gasteiger partial charge in [-0.3, -0.25) is 5.41 Å². The van der Waals surface area contributed by atoms with Gasteiger partial charge in [-0.2, -0.15) is 0 Å². The number of phenols is 1. The van der Waals surface area contributed by atoms with Crippen LogP contribution in [0.5, 0.6) is 5.75 Å². The molecule has 0 atom stereocenters. The summed E-state index contributed by atoms with van der Waals surface area (Å²) < 4.78 is 3.73. The van der Waals surface area contributed by atoms with Crippen molar-refractivity contribution in [1.29, 1.82) is 5.41 Å². The maximum absolute atomic E-state index is 9.36. The van der Waals surface area contributed by atoms with Crippen molar-refractivity contribution in [3.8, 4) is 17.0 Å². The number of rotatable bonds is 2. The number of aromatic hydroxyl groups is 1. The van der Waals surface area contributed by atoms with Crippen LogP contribution in [0.15, 0.2) is 23.6 Å². The van der Waals surface area contributed by atoms with Gasteiger partial charge in [-0.1, -0.05) is 4.49 Å². The van der Waals surface area contributed by atoms with E-state index < -0.39 is 0 Å². The largest absolute Gasteiger partial charge is 0.508 e. The highest BCUT2D eigenvalue weighted by atomic mass is 32.1. The first kappa shape index (κ1) is 9.60. The van der Waals surface area contributed by atoms with E-state index in [-0.39, 0.29) is 11.6 Å². The molecule has 2 rings (SSSR count). The Hall–Kier alpha value is -1.95. The molecule has 1 aromatic carbocycles. The molecule has 76 valence electrons. The molecule has 0 aliphatic rings. The molecule has 0 aliphatic heterocycles. The first-order valence-corrected chi connectivity index (χ1v) is 4.97. The van der Waals surface area contributed by atoms with Crippen molar-refractivity contribution >= 4 is 17.4 Å². The summed E-state index contributed by atoms with van der Waals surface area (Å²) in [5.41, 5.74) is 7.20. The third kappa shape index (κ3) is 1.79. The third-order valence-corrected chi connectivity index (χ3v) is 2.43. The molecular formula is C9H8N4OS. The van der Waals surface area contributed by atoms with Crippen molar-refractivity contribution in [2.24, 2.45) is 5.73 Å². The van der Waals surface area contributed by atoms with Gasteiger partial charge in [0.25, 0.3) is 0 Å². The molecule has 0 bridgehead atoms. The van der Waals surface area contributed by atoms with Crippen LogP contribution in [-0.2, 0) is 0 Å². The van der Waals surface area contributed by atoms with E-state index in [4.69, 9.17) is 11.1 Å². The minimum Gasteiger partial charge on any atom is -0.508 e. The van der Waals surface area contributed by atoms with E-state index in [9.17, 15) is 5.11 Å². The van der Waals surface area contributed by atoms with Crippen LogP contribution in [0.2, 0.25) is 0 Å². The number of aromatic nitrogens is 2. The van der Waals surface area contributed by atoms with Gasteiger partial charge >= 0.3 is 0 Å². The van der Waals surface area contributed by atoms with E-state index in [0.29, 0.717) is 16.8 Å². The van der Waals surface area contributed by atoms with Gasteiger partial charge in [-0.15, -0.1) is 5.10 Å². The van der Waals surface area contributed by atoms with Crippen molar-refractivity contribution in [2.45, 2.75) is 0 Å². The number of amidine groups is 1. The Morgan fingerprint density at radius 1 is 1.47 bits per heavy atom. The van der Waals surface area contributed by atoms with Crippen molar-refractivity contribution in [3.05, 3.63) is 29.1 Å². The van der Waals surface area contributed by atoms with E-state index in [1.807, 2.05) is 0 Å².